The van der Waals surface area contributed by atoms with Gasteiger partial charge in [-0.1, -0.05) is 42.5 Å². The van der Waals surface area contributed by atoms with E-state index >= 15 is 0 Å². The molecule has 0 unspecified atom stereocenters. The normalized spacial score (nSPS) is 14.2. The van der Waals surface area contributed by atoms with E-state index in [0.717, 1.165) is 48.5 Å². The quantitative estimate of drug-likeness (QED) is 0.206. The molecule has 1 fully saturated rings. The summed E-state index contributed by atoms with van der Waals surface area (Å²) in [5.74, 6) is 2.08. The molecule has 1 aliphatic rings. The lowest BCUT2D eigenvalue weighted by molar-refractivity contribution is 0.413. The Balaban J connectivity index is 1.54. The summed E-state index contributed by atoms with van der Waals surface area (Å²) < 4.78 is 32.1. The Labute approximate surface area is 242 Å². The highest BCUT2D eigenvalue weighted by Gasteiger charge is 2.24. The third kappa shape index (κ3) is 6.21. The van der Waals surface area contributed by atoms with Crippen LogP contribution < -0.4 is 20.7 Å². The van der Waals surface area contributed by atoms with Crippen molar-refractivity contribution in [3.05, 3.63) is 84.1 Å². The van der Waals surface area contributed by atoms with Crippen LogP contribution in [0, 0.1) is 6.92 Å². The lowest BCUT2D eigenvalue weighted by Crippen LogP contribution is -2.27. The van der Waals surface area contributed by atoms with Crippen LogP contribution in [0.4, 0.5) is 23.1 Å². The lowest BCUT2D eigenvalue weighted by Gasteiger charge is -2.25. The Morgan fingerprint density at radius 3 is 2.37 bits per heavy atom. The second kappa shape index (κ2) is 12.3. The topological polar surface area (TPSA) is 105 Å². The maximum Gasteiger partial charge on any atom is 0.229 e. The van der Waals surface area contributed by atoms with Gasteiger partial charge in [0.1, 0.15) is 11.6 Å². The lowest BCUT2D eigenvalue weighted by atomic mass is 9.87. The monoisotopic (exact) mass is 571 g/mol. The van der Waals surface area contributed by atoms with Crippen molar-refractivity contribution in [1.82, 2.24) is 15.3 Å². The molecule has 214 valence electrons. The maximum atomic E-state index is 13.1. The van der Waals surface area contributed by atoms with E-state index in [1.807, 2.05) is 36.4 Å². The summed E-state index contributed by atoms with van der Waals surface area (Å²) in [5, 5.41) is 9.52. The number of piperidine rings is 1. The molecule has 0 atom stereocenters. The molecule has 2 heterocycles. The SMILES string of the molecule is COc1cc(C2CCNCC2)c(C)cc1Nc1ncc(-c2ccccc2)c(Nc2ccccc2S(=O)(=O)C(C)C)n1. The van der Waals surface area contributed by atoms with Gasteiger partial charge in [0.2, 0.25) is 5.95 Å². The van der Waals surface area contributed by atoms with E-state index in [9.17, 15) is 8.42 Å². The van der Waals surface area contributed by atoms with Crippen molar-refractivity contribution in [3.8, 4) is 16.9 Å². The van der Waals surface area contributed by atoms with Crippen molar-refractivity contribution in [2.24, 2.45) is 0 Å². The van der Waals surface area contributed by atoms with Crippen LogP contribution in [0.15, 0.2) is 77.8 Å². The van der Waals surface area contributed by atoms with Gasteiger partial charge in [-0.15, -0.1) is 0 Å². The highest BCUT2D eigenvalue weighted by molar-refractivity contribution is 7.92. The minimum Gasteiger partial charge on any atom is -0.495 e. The number of aromatic nitrogens is 2. The van der Waals surface area contributed by atoms with Gasteiger partial charge in [-0.2, -0.15) is 4.98 Å². The average Bonchev–Trinajstić information content (AvgIpc) is 2.98. The molecule has 0 saturated carbocycles. The predicted octanol–water partition coefficient (Wildman–Crippen LogP) is 6.60. The Morgan fingerprint density at radius 1 is 0.951 bits per heavy atom. The molecule has 3 N–H and O–H groups in total. The minimum atomic E-state index is -3.53. The van der Waals surface area contributed by atoms with Crippen LogP contribution in [0.5, 0.6) is 5.75 Å². The molecular formula is C32H37N5O3S. The van der Waals surface area contributed by atoms with Crippen molar-refractivity contribution in [3.63, 3.8) is 0 Å². The summed E-state index contributed by atoms with van der Waals surface area (Å²) in [5.41, 5.74) is 5.38. The Bertz CT molecular complexity index is 1620. The first-order valence-corrected chi connectivity index (χ1v) is 15.5. The molecule has 41 heavy (non-hydrogen) atoms. The van der Waals surface area contributed by atoms with Crippen LogP contribution in [-0.2, 0) is 9.84 Å². The van der Waals surface area contributed by atoms with E-state index in [2.05, 4.69) is 40.0 Å². The van der Waals surface area contributed by atoms with Crippen LogP contribution in [0.1, 0.15) is 43.7 Å². The number of hydrogen-bond donors (Lipinski definition) is 3. The number of sulfone groups is 1. The molecule has 0 aliphatic carbocycles. The van der Waals surface area contributed by atoms with Crippen LogP contribution >= 0.6 is 0 Å². The predicted molar refractivity (Wildman–Crippen MR) is 165 cm³/mol. The van der Waals surface area contributed by atoms with Gasteiger partial charge >= 0.3 is 0 Å². The van der Waals surface area contributed by atoms with Gasteiger partial charge in [0, 0.05) is 11.8 Å². The molecule has 0 radical (unpaired) electrons. The number of rotatable bonds is 9. The molecule has 9 heteroatoms. The molecule has 0 bridgehead atoms. The summed E-state index contributed by atoms with van der Waals surface area (Å²) in [6.07, 6.45) is 3.95. The van der Waals surface area contributed by atoms with Crippen LogP contribution in [0.3, 0.4) is 0 Å². The Morgan fingerprint density at radius 2 is 1.66 bits per heavy atom. The fraction of sp³-hybridized carbons (Fsp3) is 0.312. The third-order valence-corrected chi connectivity index (χ3v) is 9.76. The number of methoxy groups -OCH3 is 1. The van der Waals surface area contributed by atoms with Crippen molar-refractivity contribution in [1.29, 1.82) is 0 Å². The molecule has 0 amide bonds. The molecule has 8 nitrogen and oxygen atoms in total. The molecule has 1 aliphatic heterocycles. The Hall–Kier alpha value is -3.95. The molecule has 3 aromatic carbocycles. The van der Waals surface area contributed by atoms with Crippen molar-refractivity contribution >= 4 is 33.0 Å². The number of para-hydroxylation sites is 1. The van der Waals surface area contributed by atoms with Crippen molar-refractivity contribution in [2.45, 2.75) is 49.7 Å². The van der Waals surface area contributed by atoms with Crippen molar-refractivity contribution in [2.75, 3.05) is 30.8 Å². The number of hydrogen-bond acceptors (Lipinski definition) is 8. The maximum absolute atomic E-state index is 13.1. The molecular weight excluding hydrogens is 534 g/mol. The molecule has 5 rings (SSSR count). The minimum absolute atomic E-state index is 0.230. The fourth-order valence-electron chi connectivity index (χ4n) is 5.23. The van der Waals surface area contributed by atoms with Gasteiger partial charge in [0.15, 0.2) is 9.84 Å². The standard InChI is InChI=1S/C32H37N5O3S/c1-21(2)41(38,39)30-13-9-8-12-27(30)35-31-26(23-10-6-5-7-11-23)20-34-32(37-31)36-28-18-22(3)25(19-29(28)40-4)24-14-16-33-17-15-24/h5-13,18-21,24,33H,14-17H2,1-4H3,(H2,34,35,36,37). The molecule has 4 aromatic rings. The summed E-state index contributed by atoms with van der Waals surface area (Å²) in [6.45, 7) is 7.53. The Kier molecular flexibility index (Phi) is 8.56. The molecule has 0 spiro atoms. The smallest absolute Gasteiger partial charge is 0.229 e. The van der Waals surface area contributed by atoms with E-state index in [-0.39, 0.29) is 4.90 Å². The summed E-state index contributed by atoms with van der Waals surface area (Å²) in [7, 11) is -1.87. The summed E-state index contributed by atoms with van der Waals surface area (Å²) in [6, 6.07) is 20.9. The van der Waals surface area contributed by atoms with Crippen LogP contribution in [-0.4, -0.2) is 43.8 Å². The zero-order chi connectivity index (χ0) is 29.0. The van der Waals surface area contributed by atoms with E-state index in [1.165, 1.54) is 11.1 Å². The van der Waals surface area contributed by atoms with Gasteiger partial charge in [0.25, 0.3) is 0 Å². The average molecular weight is 572 g/mol. The third-order valence-electron chi connectivity index (χ3n) is 7.55. The zero-order valence-corrected chi connectivity index (χ0v) is 24.8. The number of ether oxygens (including phenoxy) is 1. The second-order valence-corrected chi connectivity index (χ2v) is 13.1. The van der Waals surface area contributed by atoms with Crippen LogP contribution in [0.2, 0.25) is 0 Å². The highest BCUT2D eigenvalue weighted by Crippen LogP contribution is 2.37. The highest BCUT2D eigenvalue weighted by atomic mass is 32.2. The van der Waals surface area contributed by atoms with Crippen molar-refractivity contribution < 1.29 is 13.2 Å². The number of nitrogens with one attached hydrogen (secondary N) is 3. The largest absolute Gasteiger partial charge is 0.495 e. The van der Waals surface area contributed by atoms with Gasteiger partial charge in [0.05, 0.1) is 28.6 Å². The number of nitrogens with zero attached hydrogens (tertiary/aromatic N) is 2. The number of aryl methyl sites for hydroxylation is 1. The fourth-order valence-corrected chi connectivity index (χ4v) is 6.43. The first-order chi connectivity index (χ1) is 19.8. The van der Waals surface area contributed by atoms with Gasteiger partial charge in [-0.25, -0.2) is 13.4 Å². The zero-order valence-electron chi connectivity index (χ0n) is 23.9. The number of benzene rings is 3. The van der Waals surface area contributed by atoms with Crippen LogP contribution in [0.25, 0.3) is 11.1 Å². The van der Waals surface area contributed by atoms with Gasteiger partial charge in [-0.05, 0) is 93.6 Å². The molecule has 1 saturated heterocycles. The van der Waals surface area contributed by atoms with E-state index in [1.54, 1.807) is 45.4 Å². The van der Waals surface area contributed by atoms with Gasteiger partial charge < -0.3 is 20.7 Å². The summed E-state index contributed by atoms with van der Waals surface area (Å²) in [4.78, 5) is 9.69. The summed E-state index contributed by atoms with van der Waals surface area (Å²) >= 11 is 0. The van der Waals surface area contributed by atoms with Gasteiger partial charge in [-0.3, -0.25) is 0 Å². The second-order valence-electron chi connectivity index (χ2n) is 10.6. The molecule has 1 aromatic heterocycles. The van der Waals surface area contributed by atoms with E-state index in [4.69, 9.17) is 9.72 Å². The van der Waals surface area contributed by atoms with E-state index < -0.39 is 15.1 Å². The first kappa shape index (κ1) is 28.6. The van der Waals surface area contributed by atoms with E-state index in [0.29, 0.717) is 23.4 Å². The first-order valence-electron chi connectivity index (χ1n) is 14.0. The number of anilines is 4.